The molecule has 1 amide bonds. The molecule has 30 heavy (non-hydrogen) atoms. The number of sulfone groups is 1. The van der Waals surface area contributed by atoms with Gasteiger partial charge < -0.3 is 10.2 Å². The van der Waals surface area contributed by atoms with E-state index >= 15 is 0 Å². The Kier molecular flexibility index (Phi) is 7.21. The van der Waals surface area contributed by atoms with Crippen LogP contribution in [-0.2, 0) is 21.1 Å². The largest absolute Gasteiger partial charge is 0.345 e. The number of amides is 1. The molecule has 1 heterocycles. The van der Waals surface area contributed by atoms with E-state index in [2.05, 4.69) is 11.4 Å². The zero-order valence-corrected chi connectivity index (χ0v) is 18.3. The maximum Gasteiger partial charge on any atom is 0.223 e. The van der Waals surface area contributed by atoms with Gasteiger partial charge in [-0.1, -0.05) is 30.3 Å². The fourth-order valence-electron chi connectivity index (χ4n) is 2.94. The summed E-state index contributed by atoms with van der Waals surface area (Å²) in [4.78, 5) is 13.9. The first kappa shape index (κ1) is 22.0. The van der Waals surface area contributed by atoms with Gasteiger partial charge in [0.25, 0.3) is 0 Å². The molecule has 3 rings (SSSR count). The minimum atomic E-state index is -3.43. The third-order valence-corrected chi connectivity index (χ3v) is 8.00. The zero-order valence-electron chi connectivity index (χ0n) is 16.7. The fourth-order valence-corrected chi connectivity index (χ4v) is 5.55. The van der Waals surface area contributed by atoms with Gasteiger partial charge >= 0.3 is 0 Å². The first-order chi connectivity index (χ1) is 14.4. The molecule has 0 radical (unpaired) electrons. The normalized spacial score (nSPS) is 11.3. The number of likely N-dealkylation sites (N-methyl/N-ethyl adjacent to an activating group) is 1. The SMILES string of the molecule is CN(CCc1ccc(C#N)cc1)C(=O)CCNCS(=O)(=O)c1cc2ccccc2s1. The van der Waals surface area contributed by atoms with Crippen molar-refractivity contribution in [1.29, 1.82) is 5.26 Å². The van der Waals surface area contributed by atoms with Crippen molar-refractivity contribution in [3.8, 4) is 6.07 Å². The highest BCUT2D eigenvalue weighted by Crippen LogP contribution is 2.29. The number of carbonyl (C=O) groups excluding carboxylic acids is 1. The van der Waals surface area contributed by atoms with Crippen LogP contribution in [0.15, 0.2) is 58.8 Å². The smallest absolute Gasteiger partial charge is 0.223 e. The van der Waals surface area contributed by atoms with Crippen LogP contribution in [0.4, 0.5) is 0 Å². The molecule has 0 saturated heterocycles. The molecule has 0 aliphatic rings. The van der Waals surface area contributed by atoms with E-state index < -0.39 is 9.84 Å². The first-order valence-corrected chi connectivity index (χ1v) is 12.0. The Labute approximate surface area is 180 Å². The van der Waals surface area contributed by atoms with Gasteiger partial charge in [0, 0.05) is 31.3 Å². The van der Waals surface area contributed by atoms with Gasteiger partial charge in [-0.15, -0.1) is 11.3 Å². The van der Waals surface area contributed by atoms with Crippen molar-refractivity contribution in [2.45, 2.75) is 17.1 Å². The van der Waals surface area contributed by atoms with Crippen molar-refractivity contribution in [2.75, 3.05) is 26.0 Å². The van der Waals surface area contributed by atoms with E-state index in [-0.39, 0.29) is 18.2 Å². The van der Waals surface area contributed by atoms with E-state index in [0.717, 1.165) is 15.6 Å². The van der Waals surface area contributed by atoms with Gasteiger partial charge in [-0.2, -0.15) is 5.26 Å². The van der Waals surface area contributed by atoms with Crippen molar-refractivity contribution >= 4 is 37.2 Å². The van der Waals surface area contributed by atoms with Crippen LogP contribution >= 0.6 is 11.3 Å². The number of fused-ring (bicyclic) bond motifs is 1. The van der Waals surface area contributed by atoms with E-state index in [4.69, 9.17) is 5.26 Å². The summed E-state index contributed by atoms with van der Waals surface area (Å²) in [6.07, 6.45) is 0.924. The van der Waals surface area contributed by atoms with Gasteiger partial charge in [0.1, 0.15) is 10.1 Å². The Bertz CT molecular complexity index is 1130. The van der Waals surface area contributed by atoms with Gasteiger partial charge in [-0.3, -0.25) is 4.79 Å². The highest BCUT2D eigenvalue weighted by Gasteiger charge is 2.17. The molecule has 0 aliphatic heterocycles. The summed E-state index contributed by atoms with van der Waals surface area (Å²) in [5, 5.41) is 12.6. The molecule has 0 fully saturated rings. The molecule has 0 unspecified atom stereocenters. The fraction of sp³-hybridized carbons (Fsp3) is 0.273. The second-order valence-electron chi connectivity index (χ2n) is 6.99. The van der Waals surface area contributed by atoms with Gasteiger partial charge in [0.05, 0.1) is 11.6 Å². The lowest BCUT2D eigenvalue weighted by Gasteiger charge is -2.17. The minimum absolute atomic E-state index is 0.0459. The molecule has 156 valence electrons. The molecule has 8 heteroatoms. The van der Waals surface area contributed by atoms with Crippen molar-refractivity contribution in [3.05, 3.63) is 65.7 Å². The Morgan fingerprint density at radius 1 is 1.17 bits per heavy atom. The second kappa shape index (κ2) is 9.85. The van der Waals surface area contributed by atoms with Crippen LogP contribution in [0.25, 0.3) is 10.1 Å². The van der Waals surface area contributed by atoms with Gasteiger partial charge in [-0.05, 0) is 41.6 Å². The average molecular weight is 442 g/mol. The lowest BCUT2D eigenvalue weighted by Crippen LogP contribution is -2.32. The number of nitrogens with zero attached hydrogens (tertiary/aromatic N) is 2. The number of hydrogen-bond acceptors (Lipinski definition) is 6. The number of nitrogens with one attached hydrogen (secondary N) is 1. The third-order valence-electron chi connectivity index (χ3n) is 4.76. The summed E-state index contributed by atoms with van der Waals surface area (Å²) in [5.74, 6) is -0.238. The van der Waals surface area contributed by atoms with E-state index in [1.54, 1.807) is 30.1 Å². The summed E-state index contributed by atoms with van der Waals surface area (Å²) in [6.45, 7) is 0.856. The number of rotatable bonds is 9. The highest BCUT2D eigenvalue weighted by atomic mass is 32.2. The monoisotopic (exact) mass is 441 g/mol. The molecule has 0 bridgehead atoms. The van der Waals surface area contributed by atoms with E-state index in [1.807, 2.05) is 36.4 Å². The molecule has 1 aromatic heterocycles. The van der Waals surface area contributed by atoms with E-state index in [1.165, 1.54) is 11.3 Å². The summed E-state index contributed by atoms with van der Waals surface area (Å²) in [7, 11) is -1.70. The Morgan fingerprint density at radius 3 is 2.60 bits per heavy atom. The summed E-state index contributed by atoms with van der Waals surface area (Å²) >= 11 is 1.26. The van der Waals surface area contributed by atoms with Crippen molar-refractivity contribution in [1.82, 2.24) is 10.2 Å². The maximum absolute atomic E-state index is 12.5. The molecule has 0 aliphatic carbocycles. The predicted octanol–water partition coefficient (Wildman–Crippen LogP) is 3.18. The maximum atomic E-state index is 12.5. The van der Waals surface area contributed by atoms with Crippen LogP contribution in [-0.4, -0.2) is 45.2 Å². The molecular formula is C22H23N3O3S2. The van der Waals surface area contributed by atoms with Gasteiger partial charge in [0.2, 0.25) is 15.7 Å². The number of thiophene rings is 1. The van der Waals surface area contributed by atoms with E-state index in [0.29, 0.717) is 29.3 Å². The molecule has 0 spiro atoms. The first-order valence-electron chi connectivity index (χ1n) is 9.54. The Hall–Kier alpha value is -2.73. The number of carbonyl (C=O) groups is 1. The van der Waals surface area contributed by atoms with Crippen LogP contribution in [0.1, 0.15) is 17.5 Å². The highest BCUT2D eigenvalue weighted by molar-refractivity contribution is 7.93. The second-order valence-corrected chi connectivity index (χ2v) is 10.3. The molecule has 1 N–H and O–H groups in total. The molecule has 2 aromatic carbocycles. The van der Waals surface area contributed by atoms with Crippen LogP contribution in [0, 0.1) is 11.3 Å². The van der Waals surface area contributed by atoms with Crippen LogP contribution < -0.4 is 5.32 Å². The number of nitriles is 1. The topological polar surface area (TPSA) is 90.3 Å². The minimum Gasteiger partial charge on any atom is -0.345 e. The van der Waals surface area contributed by atoms with Crippen LogP contribution in [0.3, 0.4) is 0 Å². The van der Waals surface area contributed by atoms with Crippen LogP contribution in [0.5, 0.6) is 0 Å². The summed E-state index contributed by atoms with van der Waals surface area (Å²) in [5.41, 5.74) is 1.67. The zero-order chi connectivity index (χ0) is 21.6. The Balaban J connectivity index is 1.42. The summed E-state index contributed by atoms with van der Waals surface area (Å²) < 4.78 is 26.3. The average Bonchev–Trinajstić information content (AvgIpc) is 3.20. The van der Waals surface area contributed by atoms with Crippen molar-refractivity contribution in [3.63, 3.8) is 0 Å². The molecule has 6 nitrogen and oxygen atoms in total. The summed E-state index contributed by atoms with van der Waals surface area (Å²) in [6, 6.07) is 18.6. The number of benzene rings is 2. The third kappa shape index (κ3) is 5.66. The number of hydrogen-bond donors (Lipinski definition) is 1. The van der Waals surface area contributed by atoms with Gasteiger partial charge in [-0.25, -0.2) is 8.42 Å². The quantitative estimate of drug-likeness (QED) is 0.515. The predicted molar refractivity (Wildman–Crippen MR) is 119 cm³/mol. The van der Waals surface area contributed by atoms with E-state index in [9.17, 15) is 13.2 Å². The lowest BCUT2D eigenvalue weighted by atomic mass is 10.1. The Morgan fingerprint density at radius 2 is 1.90 bits per heavy atom. The molecule has 3 aromatic rings. The van der Waals surface area contributed by atoms with Gasteiger partial charge in [0.15, 0.2) is 0 Å². The molecule has 0 saturated carbocycles. The molecular weight excluding hydrogens is 418 g/mol. The van der Waals surface area contributed by atoms with Crippen molar-refractivity contribution in [2.24, 2.45) is 0 Å². The molecule has 0 atom stereocenters. The standard InChI is InChI=1S/C22H23N3O3S2/c1-25(13-11-17-6-8-18(15-23)9-7-17)21(26)10-12-24-16-30(27,28)22-14-19-4-2-3-5-20(19)29-22/h2-9,14,24H,10-13,16H2,1H3. The lowest BCUT2D eigenvalue weighted by molar-refractivity contribution is -0.129. The van der Waals surface area contributed by atoms with Crippen molar-refractivity contribution < 1.29 is 13.2 Å². The van der Waals surface area contributed by atoms with Crippen LogP contribution in [0.2, 0.25) is 0 Å².